The van der Waals surface area contributed by atoms with Gasteiger partial charge in [-0.05, 0) is 56.0 Å². The van der Waals surface area contributed by atoms with E-state index in [9.17, 15) is 14.4 Å². The molecule has 0 aliphatic carbocycles. The van der Waals surface area contributed by atoms with E-state index in [4.69, 9.17) is 0 Å². The molecule has 3 N–H and O–H groups in total. The van der Waals surface area contributed by atoms with E-state index < -0.39 is 0 Å². The lowest BCUT2D eigenvalue weighted by Crippen LogP contribution is -2.42. The Labute approximate surface area is 169 Å². The SMILES string of the molecule is CCC(C)(C)NC(=O)c1ccc(NC(=O)CC(NC(C)=O)c2cccs2)cc1. The maximum Gasteiger partial charge on any atom is 0.251 e. The molecule has 0 fully saturated rings. The lowest BCUT2D eigenvalue weighted by atomic mass is 10.0. The molecule has 2 aromatic rings. The first-order valence-electron chi connectivity index (χ1n) is 9.23. The second-order valence-electron chi connectivity index (χ2n) is 7.29. The minimum Gasteiger partial charge on any atom is -0.348 e. The van der Waals surface area contributed by atoms with E-state index in [0.29, 0.717) is 11.3 Å². The summed E-state index contributed by atoms with van der Waals surface area (Å²) in [6.45, 7) is 7.39. The fourth-order valence-corrected chi connectivity index (χ4v) is 3.31. The van der Waals surface area contributed by atoms with Gasteiger partial charge in [0.1, 0.15) is 0 Å². The highest BCUT2D eigenvalue weighted by Gasteiger charge is 2.20. The van der Waals surface area contributed by atoms with Crippen LogP contribution in [0, 0.1) is 0 Å². The average molecular weight is 402 g/mol. The topological polar surface area (TPSA) is 87.3 Å². The Balaban J connectivity index is 1.98. The van der Waals surface area contributed by atoms with Gasteiger partial charge in [0, 0.05) is 28.6 Å². The minimum absolute atomic E-state index is 0.132. The molecule has 1 atom stereocenters. The summed E-state index contributed by atoms with van der Waals surface area (Å²) in [4.78, 5) is 37.1. The first kappa shape index (κ1) is 21.6. The Morgan fingerprint density at radius 1 is 1.11 bits per heavy atom. The predicted octanol–water partition coefficient (Wildman–Crippen LogP) is 3.87. The van der Waals surface area contributed by atoms with Crippen LogP contribution < -0.4 is 16.0 Å². The van der Waals surface area contributed by atoms with Gasteiger partial charge in [-0.15, -0.1) is 11.3 Å². The monoisotopic (exact) mass is 401 g/mol. The van der Waals surface area contributed by atoms with Gasteiger partial charge in [-0.3, -0.25) is 14.4 Å². The molecule has 28 heavy (non-hydrogen) atoms. The molecule has 3 amide bonds. The molecule has 1 heterocycles. The number of carbonyl (C=O) groups is 3. The third kappa shape index (κ3) is 6.49. The number of carbonyl (C=O) groups excluding carboxylic acids is 3. The summed E-state index contributed by atoms with van der Waals surface area (Å²) in [6, 6.07) is 10.2. The van der Waals surface area contributed by atoms with Crippen LogP contribution in [0.15, 0.2) is 41.8 Å². The van der Waals surface area contributed by atoms with Crippen molar-refractivity contribution in [1.29, 1.82) is 0 Å². The lowest BCUT2D eigenvalue weighted by molar-refractivity contribution is -0.120. The Bertz CT molecular complexity index is 814. The largest absolute Gasteiger partial charge is 0.348 e. The summed E-state index contributed by atoms with van der Waals surface area (Å²) in [7, 11) is 0. The number of nitrogens with one attached hydrogen (secondary N) is 3. The highest BCUT2D eigenvalue weighted by atomic mass is 32.1. The molecule has 0 spiro atoms. The first-order valence-corrected chi connectivity index (χ1v) is 10.1. The van der Waals surface area contributed by atoms with Crippen molar-refractivity contribution < 1.29 is 14.4 Å². The van der Waals surface area contributed by atoms with Crippen LogP contribution in [-0.2, 0) is 9.59 Å². The van der Waals surface area contributed by atoms with E-state index in [1.54, 1.807) is 24.3 Å². The second-order valence-corrected chi connectivity index (χ2v) is 8.27. The predicted molar refractivity (Wildman–Crippen MR) is 112 cm³/mol. The Kier molecular flexibility index (Phi) is 7.34. The molecule has 2 rings (SSSR count). The van der Waals surface area contributed by atoms with Crippen LogP contribution in [0.1, 0.15) is 61.8 Å². The van der Waals surface area contributed by atoms with Crippen molar-refractivity contribution >= 4 is 34.7 Å². The van der Waals surface area contributed by atoms with Crippen LogP contribution in [0.5, 0.6) is 0 Å². The molecule has 6 nitrogen and oxygen atoms in total. The van der Waals surface area contributed by atoms with Gasteiger partial charge in [0.15, 0.2) is 0 Å². The van der Waals surface area contributed by atoms with Gasteiger partial charge in [-0.25, -0.2) is 0 Å². The Morgan fingerprint density at radius 2 is 1.79 bits per heavy atom. The van der Waals surface area contributed by atoms with Crippen molar-refractivity contribution in [2.24, 2.45) is 0 Å². The van der Waals surface area contributed by atoms with E-state index in [-0.39, 0.29) is 35.7 Å². The van der Waals surface area contributed by atoms with E-state index in [0.717, 1.165) is 11.3 Å². The van der Waals surface area contributed by atoms with Gasteiger partial charge >= 0.3 is 0 Å². The number of rotatable bonds is 8. The molecule has 0 saturated heterocycles. The van der Waals surface area contributed by atoms with Crippen LogP contribution in [0.3, 0.4) is 0 Å². The molecule has 0 aliphatic rings. The minimum atomic E-state index is -0.362. The van der Waals surface area contributed by atoms with Crippen LogP contribution in [0.4, 0.5) is 5.69 Å². The Morgan fingerprint density at radius 3 is 2.32 bits per heavy atom. The van der Waals surface area contributed by atoms with Gasteiger partial charge in [0.25, 0.3) is 5.91 Å². The number of hydrogen-bond acceptors (Lipinski definition) is 4. The zero-order valence-electron chi connectivity index (χ0n) is 16.7. The van der Waals surface area contributed by atoms with E-state index in [1.165, 1.54) is 18.3 Å². The quantitative estimate of drug-likeness (QED) is 0.627. The summed E-state index contributed by atoms with van der Waals surface area (Å²) in [5.74, 6) is -0.541. The van der Waals surface area contributed by atoms with E-state index in [1.807, 2.05) is 38.3 Å². The maximum atomic E-state index is 12.4. The fraction of sp³-hybridized carbons (Fsp3) is 0.381. The third-order valence-electron chi connectivity index (χ3n) is 4.42. The molecule has 0 bridgehead atoms. The van der Waals surface area contributed by atoms with Crippen LogP contribution >= 0.6 is 11.3 Å². The van der Waals surface area contributed by atoms with E-state index in [2.05, 4.69) is 16.0 Å². The smallest absolute Gasteiger partial charge is 0.251 e. The molecular weight excluding hydrogens is 374 g/mol. The second kappa shape index (κ2) is 9.50. The molecule has 1 unspecified atom stereocenters. The fourth-order valence-electron chi connectivity index (χ4n) is 2.53. The summed E-state index contributed by atoms with van der Waals surface area (Å²) < 4.78 is 0. The van der Waals surface area contributed by atoms with Gasteiger partial charge in [0.05, 0.1) is 12.5 Å². The third-order valence-corrected chi connectivity index (χ3v) is 5.41. The van der Waals surface area contributed by atoms with Crippen molar-refractivity contribution in [2.45, 2.75) is 52.1 Å². The zero-order chi connectivity index (χ0) is 20.7. The van der Waals surface area contributed by atoms with Gasteiger partial charge in [-0.1, -0.05) is 13.0 Å². The molecule has 7 heteroatoms. The van der Waals surface area contributed by atoms with Crippen molar-refractivity contribution in [3.8, 4) is 0 Å². The van der Waals surface area contributed by atoms with Gasteiger partial charge in [0.2, 0.25) is 11.8 Å². The van der Waals surface area contributed by atoms with Crippen molar-refractivity contribution in [3.63, 3.8) is 0 Å². The van der Waals surface area contributed by atoms with Gasteiger partial charge < -0.3 is 16.0 Å². The molecule has 0 saturated carbocycles. The lowest BCUT2D eigenvalue weighted by Gasteiger charge is -2.24. The average Bonchev–Trinajstić information content (AvgIpc) is 3.15. The standard InChI is InChI=1S/C21H27N3O3S/c1-5-21(3,4)24-20(27)15-8-10-16(11-9-15)23-19(26)13-17(22-14(2)25)18-7-6-12-28-18/h6-12,17H,5,13H2,1-4H3,(H,22,25)(H,23,26)(H,24,27). The Hall–Kier alpha value is -2.67. The molecule has 1 aromatic carbocycles. The number of hydrogen-bond donors (Lipinski definition) is 3. The summed E-state index contributed by atoms with van der Waals surface area (Å²) in [5.41, 5.74) is 0.864. The number of amides is 3. The number of benzene rings is 1. The highest BCUT2D eigenvalue weighted by Crippen LogP contribution is 2.23. The summed E-state index contributed by atoms with van der Waals surface area (Å²) in [5, 5.41) is 10.5. The molecule has 0 aliphatic heterocycles. The normalized spacial score (nSPS) is 12.1. The first-order chi connectivity index (χ1) is 13.2. The van der Waals surface area contributed by atoms with Crippen molar-refractivity contribution in [1.82, 2.24) is 10.6 Å². The molecule has 150 valence electrons. The molecule has 0 radical (unpaired) electrons. The van der Waals surface area contributed by atoms with Crippen LogP contribution in [0.25, 0.3) is 0 Å². The summed E-state index contributed by atoms with van der Waals surface area (Å²) >= 11 is 1.49. The summed E-state index contributed by atoms with van der Waals surface area (Å²) in [6.07, 6.45) is 0.958. The maximum absolute atomic E-state index is 12.4. The van der Waals surface area contributed by atoms with Gasteiger partial charge in [-0.2, -0.15) is 0 Å². The van der Waals surface area contributed by atoms with E-state index >= 15 is 0 Å². The molecule has 1 aromatic heterocycles. The van der Waals surface area contributed by atoms with Crippen LogP contribution in [0.2, 0.25) is 0 Å². The van der Waals surface area contributed by atoms with Crippen LogP contribution in [-0.4, -0.2) is 23.3 Å². The molecular formula is C21H27N3O3S. The highest BCUT2D eigenvalue weighted by molar-refractivity contribution is 7.10. The van der Waals surface area contributed by atoms with Crippen molar-refractivity contribution in [2.75, 3.05) is 5.32 Å². The number of thiophene rings is 1. The number of anilines is 1. The zero-order valence-corrected chi connectivity index (χ0v) is 17.5. The van der Waals surface area contributed by atoms with Crippen molar-refractivity contribution in [3.05, 3.63) is 52.2 Å².